The van der Waals surface area contributed by atoms with Crippen molar-refractivity contribution in [1.29, 1.82) is 0 Å². The molecule has 60 heavy (non-hydrogen) atoms. The van der Waals surface area contributed by atoms with Gasteiger partial charge >= 0.3 is 12.3 Å². The second-order valence-corrected chi connectivity index (χ2v) is 19.6. The van der Waals surface area contributed by atoms with E-state index in [4.69, 9.17) is 14.2 Å². The van der Waals surface area contributed by atoms with Crippen LogP contribution >= 0.6 is 0 Å². The molecule has 1 saturated heterocycles. The van der Waals surface area contributed by atoms with E-state index in [1.54, 1.807) is 25.3 Å². The van der Waals surface area contributed by atoms with Crippen molar-refractivity contribution in [3.05, 3.63) is 42.1 Å². The molecule has 2 aromatic rings. The number of fused-ring (bicyclic) bond motifs is 5. The maximum atomic E-state index is 14.8. The summed E-state index contributed by atoms with van der Waals surface area (Å²) in [5.74, 6) is -3.17. The van der Waals surface area contributed by atoms with Crippen molar-refractivity contribution in [3.8, 4) is 11.6 Å². The van der Waals surface area contributed by atoms with Gasteiger partial charge in [-0.1, -0.05) is 32.1 Å². The van der Waals surface area contributed by atoms with Crippen molar-refractivity contribution in [2.24, 2.45) is 17.8 Å². The van der Waals surface area contributed by atoms with Crippen LogP contribution in [-0.4, -0.2) is 102 Å². The number of alkyl halides is 4. The molecular weight excluding hydrogens is 815 g/mol. The third kappa shape index (κ3) is 8.34. The van der Waals surface area contributed by atoms with Crippen LogP contribution in [0.25, 0.3) is 10.8 Å². The summed E-state index contributed by atoms with van der Waals surface area (Å²) in [4.78, 5) is 62.1. The molecule has 7 rings (SSSR count). The third-order valence-corrected chi connectivity index (χ3v) is 14.7. The largest absolute Gasteiger partial charge is 0.493 e. The first-order valence-corrected chi connectivity index (χ1v) is 21.9. The van der Waals surface area contributed by atoms with Gasteiger partial charge < -0.3 is 29.7 Å². The standard InChI is InChI=1S/C41H51F4N5O9S/c1-23-8-5-6-10-26-20-40(26,36(53)49-60(55,56)39(22-42)14-15-39)48-33(51)30-19-27(58-34-29-12-11-25-9-7-17-57-32(25)28(29)13-16-46-34)21-50(30)35(52)31(24(2)18-23)47-37(54)59-38(3,4)41(43,44)45/h6,10-13,16,23-24,26-27,30-31H,5,7-9,14-15,17-22H2,1-4H3,(H,47,54)(H,48,51)(H,49,53)/b10-6-/t23-,24-,26-,27-,30+,31+,40-/m1/s1. The van der Waals surface area contributed by atoms with Gasteiger partial charge in [-0.25, -0.2) is 22.6 Å². The number of rotatable bonds is 8. The molecule has 3 aliphatic heterocycles. The zero-order chi connectivity index (χ0) is 43.4. The lowest BCUT2D eigenvalue weighted by Gasteiger charge is -2.34. The second kappa shape index (κ2) is 16.0. The topological polar surface area (TPSA) is 182 Å². The zero-order valence-electron chi connectivity index (χ0n) is 33.9. The molecule has 1 aromatic carbocycles. The zero-order valence-corrected chi connectivity index (χ0v) is 34.7. The van der Waals surface area contributed by atoms with Gasteiger partial charge in [-0.3, -0.25) is 19.1 Å². The van der Waals surface area contributed by atoms with Gasteiger partial charge in [-0.05, 0) is 94.7 Å². The number of carbonyl (C=O) groups excluding carboxylic acids is 4. The molecule has 0 unspecified atom stereocenters. The van der Waals surface area contributed by atoms with Crippen molar-refractivity contribution in [2.45, 2.75) is 126 Å². The highest BCUT2D eigenvalue weighted by Gasteiger charge is 2.64. The highest BCUT2D eigenvalue weighted by molar-refractivity contribution is 7.91. The summed E-state index contributed by atoms with van der Waals surface area (Å²) < 4.78 is 99.1. The molecule has 2 aliphatic carbocycles. The van der Waals surface area contributed by atoms with Crippen molar-refractivity contribution in [2.75, 3.05) is 19.8 Å². The van der Waals surface area contributed by atoms with Crippen LogP contribution in [0.2, 0.25) is 0 Å². The Kier molecular flexibility index (Phi) is 11.6. The van der Waals surface area contributed by atoms with E-state index in [1.165, 1.54) is 0 Å². The Bertz CT molecular complexity index is 2180. The molecule has 2 saturated carbocycles. The molecule has 3 fully saturated rings. The Hall–Kier alpha value is -4.68. The minimum Gasteiger partial charge on any atom is -0.493 e. The Labute approximate surface area is 345 Å². The molecule has 0 spiro atoms. The number of alkyl carbamates (subject to hydrolysis) is 1. The van der Waals surface area contributed by atoms with Gasteiger partial charge in [-0.15, -0.1) is 0 Å². The van der Waals surface area contributed by atoms with Gasteiger partial charge in [0, 0.05) is 29.3 Å². The van der Waals surface area contributed by atoms with Gasteiger partial charge in [0.05, 0.1) is 13.2 Å². The number of nitrogens with zero attached hydrogens (tertiary/aromatic N) is 2. The number of nitrogens with one attached hydrogen (secondary N) is 3. The average molecular weight is 866 g/mol. The van der Waals surface area contributed by atoms with Crippen molar-refractivity contribution in [3.63, 3.8) is 0 Å². The second-order valence-electron chi connectivity index (χ2n) is 17.6. The summed E-state index contributed by atoms with van der Waals surface area (Å²) in [5, 5.41) is 6.47. The van der Waals surface area contributed by atoms with Gasteiger partial charge in [0.2, 0.25) is 33.3 Å². The van der Waals surface area contributed by atoms with E-state index in [-0.39, 0.29) is 44.0 Å². The molecule has 328 valence electrons. The summed E-state index contributed by atoms with van der Waals surface area (Å²) in [6.45, 7) is 4.06. The van der Waals surface area contributed by atoms with Crippen LogP contribution in [0.1, 0.15) is 84.6 Å². The highest BCUT2D eigenvalue weighted by Crippen LogP contribution is 2.48. The predicted octanol–water partition coefficient (Wildman–Crippen LogP) is 5.18. The van der Waals surface area contributed by atoms with Crippen molar-refractivity contribution < 1.29 is 59.4 Å². The van der Waals surface area contributed by atoms with E-state index in [9.17, 15) is 45.2 Å². The first-order chi connectivity index (χ1) is 28.2. The monoisotopic (exact) mass is 865 g/mol. The van der Waals surface area contributed by atoms with Crippen LogP contribution in [0.3, 0.4) is 0 Å². The minimum atomic E-state index is -4.93. The van der Waals surface area contributed by atoms with Gasteiger partial charge in [0.15, 0.2) is 0 Å². The third-order valence-electron chi connectivity index (χ3n) is 12.6. The van der Waals surface area contributed by atoms with Gasteiger partial charge in [0.25, 0.3) is 5.91 Å². The number of sulfonamides is 1. The molecule has 19 heteroatoms. The molecule has 14 nitrogen and oxygen atoms in total. The summed E-state index contributed by atoms with van der Waals surface area (Å²) in [7, 11) is -4.46. The van der Waals surface area contributed by atoms with E-state index in [1.807, 2.05) is 29.9 Å². The molecule has 7 atom stereocenters. The number of benzene rings is 1. The van der Waals surface area contributed by atoms with Crippen LogP contribution < -0.4 is 24.8 Å². The van der Waals surface area contributed by atoms with Crippen LogP contribution in [0.15, 0.2) is 36.5 Å². The number of hydrogen-bond acceptors (Lipinski definition) is 10. The SMILES string of the molecule is C[C@@H]1CC/C=C\[C@@H]2C[C@@]2(C(=O)NS(=O)(=O)C2(CF)CC2)NC(=O)[C@@H]2C[C@@H](Oc3nccc4c5c(ccc34)CCCO5)CN2C(=O)[C@@H](NC(=O)OC(C)(C)C(F)(F)F)[C@H](C)C1. The normalized spacial score (nSPS) is 29.9. The fourth-order valence-corrected chi connectivity index (χ4v) is 9.92. The van der Waals surface area contributed by atoms with E-state index >= 15 is 0 Å². The van der Waals surface area contributed by atoms with Gasteiger partial charge in [-0.2, -0.15) is 13.2 Å². The van der Waals surface area contributed by atoms with Crippen molar-refractivity contribution >= 4 is 44.6 Å². The molecule has 1 aromatic heterocycles. The summed E-state index contributed by atoms with van der Waals surface area (Å²) in [6, 6.07) is 2.72. The Morgan fingerprint density at radius 1 is 1.10 bits per heavy atom. The number of ether oxygens (including phenoxy) is 3. The summed E-state index contributed by atoms with van der Waals surface area (Å²) in [6.07, 6.45) is 0.800. The maximum Gasteiger partial charge on any atom is 0.427 e. The average Bonchev–Trinajstić information content (AvgIpc) is 4.09. The van der Waals surface area contributed by atoms with Crippen LogP contribution in [-0.2, 0) is 35.6 Å². The molecule has 5 aliphatic rings. The quantitative estimate of drug-likeness (QED) is 0.236. The van der Waals surface area contributed by atoms with E-state index < -0.39 is 92.6 Å². The number of aromatic nitrogens is 1. The van der Waals surface area contributed by atoms with Gasteiger partial charge in [0.1, 0.15) is 40.9 Å². The minimum absolute atomic E-state index is 0.0176. The smallest absolute Gasteiger partial charge is 0.427 e. The number of hydrogen-bond donors (Lipinski definition) is 3. The Morgan fingerprint density at radius 2 is 1.85 bits per heavy atom. The number of carbonyl (C=O) groups is 4. The lowest BCUT2D eigenvalue weighted by molar-refractivity contribution is -0.244. The lowest BCUT2D eigenvalue weighted by atomic mass is 9.88. The molecular formula is C41H51F4N5O9S. The lowest BCUT2D eigenvalue weighted by Crippen LogP contribution is -2.60. The maximum absolute atomic E-state index is 14.8. The Morgan fingerprint density at radius 3 is 2.55 bits per heavy atom. The first-order valence-electron chi connectivity index (χ1n) is 20.4. The number of aryl methyl sites for hydroxylation is 1. The molecule has 4 amide bonds. The summed E-state index contributed by atoms with van der Waals surface area (Å²) in [5.41, 5.74) is -3.64. The molecule has 0 bridgehead atoms. The van der Waals surface area contributed by atoms with E-state index in [0.717, 1.165) is 28.7 Å². The number of allylic oxidation sites excluding steroid dienone is 1. The predicted molar refractivity (Wildman–Crippen MR) is 209 cm³/mol. The van der Waals surface area contributed by atoms with E-state index in [0.29, 0.717) is 50.9 Å². The van der Waals surface area contributed by atoms with Crippen molar-refractivity contribution in [1.82, 2.24) is 25.2 Å². The van der Waals surface area contributed by atoms with Crippen LogP contribution in [0, 0.1) is 17.8 Å². The van der Waals surface area contributed by atoms with Crippen LogP contribution in [0.4, 0.5) is 22.4 Å². The van der Waals surface area contributed by atoms with E-state index in [2.05, 4.69) is 15.6 Å². The van der Waals surface area contributed by atoms with Crippen LogP contribution in [0.5, 0.6) is 11.6 Å². The molecule has 0 radical (unpaired) electrons. The number of halogens is 4. The fourth-order valence-electron chi connectivity index (χ4n) is 8.50. The summed E-state index contributed by atoms with van der Waals surface area (Å²) >= 11 is 0. The molecule has 3 N–H and O–H groups in total. The fraction of sp³-hybridized carbons (Fsp3) is 0.634. The first kappa shape index (κ1) is 43.4. The number of amides is 4. The molecule has 4 heterocycles. The highest BCUT2D eigenvalue weighted by atomic mass is 32.2. The number of pyridine rings is 1. The Balaban J connectivity index is 1.23.